The van der Waals surface area contributed by atoms with Crippen LogP contribution in [0, 0.1) is 5.92 Å². The van der Waals surface area contributed by atoms with Crippen LogP contribution in [0.3, 0.4) is 0 Å². The molecule has 0 bridgehead atoms. The Morgan fingerprint density at radius 2 is 1.91 bits per heavy atom. The van der Waals surface area contributed by atoms with Crippen LogP contribution in [0.2, 0.25) is 0 Å². The van der Waals surface area contributed by atoms with Crippen LogP contribution in [0.5, 0.6) is 0 Å². The van der Waals surface area contributed by atoms with Crippen LogP contribution in [0.25, 0.3) is 0 Å². The van der Waals surface area contributed by atoms with Gasteiger partial charge in [-0.2, -0.15) is 0 Å². The van der Waals surface area contributed by atoms with Gasteiger partial charge in [-0.15, -0.1) is 0 Å². The van der Waals surface area contributed by atoms with E-state index in [9.17, 15) is 14.7 Å². The van der Waals surface area contributed by atoms with E-state index < -0.39 is 5.97 Å². The molecule has 3 rings (SSSR count). The van der Waals surface area contributed by atoms with E-state index in [2.05, 4.69) is 36.0 Å². The van der Waals surface area contributed by atoms with Crippen LogP contribution in [0.15, 0.2) is 48.7 Å². The van der Waals surface area contributed by atoms with Gasteiger partial charge in [0, 0.05) is 44.5 Å². The summed E-state index contributed by atoms with van der Waals surface area (Å²) in [5.74, 6) is 0.187. The van der Waals surface area contributed by atoms with Crippen molar-refractivity contribution in [3.63, 3.8) is 0 Å². The zero-order valence-corrected chi connectivity index (χ0v) is 19.2. The van der Waals surface area contributed by atoms with Crippen molar-refractivity contribution in [3.05, 3.63) is 59.8 Å². The van der Waals surface area contributed by atoms with Crippen LogP contribution in [0.4, 0.5) is 5.82 Å². The topological polar surface area (TPSA) is 85.8 Å². The van der Waals surface area contributed by atoms with Crippen molar-refractivity contribution in [2.24, 2.45) is 5.92 Å². The third-order valence-electron chi connectivity index (χ3n) is 5.91. The number of carbonyl (C=O) groups excluding carboxylic acids is 1. The first kappa shape index (κ1) is 23.7. The summed E-state index contributed by atoms with van der Waals surface area (Å²) in [4.78, 5) is 33.4. The van der Waals surface area contributed by atoms with Crippen LogP contribution in [-0.4, -0.2) is 63.5 Å². The minimum atomic E-state index is -0.855. The SMILES string of the molecule is CC(C)CCNc1ncccc1C(=O)N1C[C@H](CC(=O)O)N(Cc2ccccc2)[C@H](C)C1. The van der Waals surface area contributed by atoms with E-state index >= 15 is 0 Å². The number of benzene rings is 1. The highest BCUT2D eigenvalue weighted by Gasteiger charge is 2.36. The lowest BCUT2D eigenvalue weighted by molar-refractivity contribution is -0.139. The zero-order valence-electron chi connectivity index (χ0n) is 19.2. The minimum absolute atomic E-state index is 0.00646. The number of nitrogens with one attached hydrogen (secondary N) is 1. The maximum absolute atomic E-state index is 13.4. The Labute approximate surface area is 190 Å². The molecule has 1 aromatic carbocycles. The summed E-state index contributed by atoms with van der Waals surface area (Å²) in [6.45, 7) is 8.71. The van der Waals surface area contributed by atoms with Gasteiger partial charge in [-0.1, -0.05) is 44.2 Å². The number of rotatable bonds is 9. The second kappa shape index (κ2) is 11.1. The molecular formula is C25H34N4O3. The molecule has 0 spiro atoms. The lowest BCUT2D eigenvalue weighted by atomic mass is 10.0. The van der Waals surface area contributed by atoms with Crippen LogP contribution < -0.4 is 5.32 Å². The van der Waals surface area contributed by atoms with Gasteiger partial charge >= 0.3 is 5.97 Å². The molecule has 7 nitrogen and oxygen atoms in total. The molecule has 2 heterocycles. The van der Waals surface area contributed by atoms with Gasteiger partial charge < -0.3 is 15.3 Å². The van der Waals surface area contributed by atoms with Crippen molar-refractivity contribution >= 4 is 17.7 Å². The van der Waals surface area contributed by atoms with E-state index in [1.807, 2.05) is 30.3 Å². The Morgan fingerprint density at radius 3 is 2.59 bits per heavy atom. The van der Waals surface area contributed by atoms with E-state index in [-0.39, 0.29) is 24.4 Å². The van der Waals surface area contributed by atoms with Gasteiger partial charge in [0.1, 0.15) is 5.82 Å². The largest absolute Gasteiger partial charge is 0.481 e. The molecule has 1 aromatic heterocycles. The summed E-state index contributed by atoms with van der Waals surface area (Å²) in [6, 6.07) is 13.4. The average Bonchev–Trinajstić information content (AvgIpc) is 2.76. The van der Waals surface area contributed by atoms with E-state index in [0.29, 0.717) is 36.9 Å². The number of aromatic nitrogens is 1. The molecule has 2 aromatic rings. The zero-order chi connectivity index (χ0) is 23.1. The Balaban J connectivity index is 1.76. The van der Waals surface area contributed by atoms with Gasteiger partial charge in [0.25, 0.3) is 5.91 Å². The number of carbonyl (C=O) groups is 2. The summed E-state index contributed by atoms with van der Waals surface area (Å²) >= 11 is 0. The van der Waals surface area contributed by atoms with Crippen molar-refractivity contribution in [1.29, 1.82) is 0 Å². The fourth-order valence-electron chi connectivity index (χ4n) is 4.21. The number of piperazine rings is 1. The van der Waals surface area contributed by atoms with E-state index in [0.717, 1.165) is 18.5 Å². The molecule has 32 heavy (non-hydrogen) atoms. The lowest BCUT2D eigenvalue weighted by Gasteiger charge is -2.45. The molecule has 7 heteroatoms. The molecule has 1 aliphatic heterocycles. The van der Waals surface area contributed by atoms with E-state index in [1.165, 1.54) is 0 Å². The van der Waals surface area contributed by atoms with Crippen molar-refractivity contribution < 1.29 is 14.7 Å². The molecule has 2 atom stereocenters. The smallest absolute Gasteiger partial charge is 0.305 e. The van der Waals surface area contributed by atoms with Crippen LogP contribution in [-0.2, 0) is 11.3 Å². The monoisotopic (exact) mass is 438 g/mol. The summed E-state index contributed by atoms with van der Waals surface area (Å²) in [5.41, 5.74) is 1.67. The summed E-state index contributed by atoms with van der Waals surface area (Å²) < 4.78 is 0. The third-order valence-corrected chi connectivity index (χ3v) is 5.91. The van der Waals surface area contributed by atoms with Crippen molar-refractivity contribution in [1.82, 2.24) is 14.8 Å². The van der Waals surface area contributed by atoms with Crippen LogP contribution >= 0.6 is 0 Å². The van der Waals surface area contributed by atoms with Crippen LogP contribution in [0.1, 0.15) is 49.5 Å². The minimum Gasteiger partial charge on any atom is -0.481 e. The Bertz CT molecular complexity index is 903. The quantitative estimate of drug-likeness (QED) is 0.621. The Morgan fingerprint density at radius 1 is 1.16 bits per heavy atom. The second-order valence-electron chi connectivity index (χ2n) is 8.98. The van der Waals surface area contributed by atoms with Gasteiger partial charge in [0.05, 0.1) is 12.0 Å². The van der Waals surface area contributed by atoms with Crippen molar-refractivity contribution in [2.45, 2.75) is 52.2 Å². The van der Waals surface area contributed by atoms with Crippen molar-refractivity contribution in [2.75, 3.05) is 25.0 Å². The number of carboxylic acid groups (broad SMARTS) is 1. The number of aliphatic carboxylic acids is 1. The van der Waals surface area contributed by atoms with E-state index in [1.54, 1.807) is 23.2 Å². The van der Waals surface area contributed by atoms with Gasteiger partial charge in [-0.05, 0) is 37.0 Å². The molecule has 172 valence electrons. The fraction of sp³-hybridized carbons (Fsp3) is 0.480. The third kappa shape index (κ3) is 6.29. The number of nitrogens with zero attached hydrogens (tertiary/aromatic N) is 3. The molecule has 1 saturated heterocycles. The first-order valence-corrected chi connectivity index (χ1v) is 11.3. The van der Waals surface area contributed by atoms with Gasteiger partial charge in [-0.3, -0.25) is 14.5 Å². The number of hydrogen-bond donors (Lipinski definition) is 2. The highest BCUT2D eigenvalue weighted by Crippen LogP contribution is 2.24. The summed E-state index contributed by atoms with van der Waals surface area (Å²) in [6.07, 6.45) is 2.66. The molecule has 1 fully saturated rings. The van der Waals surface area contributed by atoms with Gasteiger partial charge in [-0.25, -0.2) is 4.98 Å². The second-order valence-corrected chi connectivity index (χ2v) is 8.98. The molecule has 2 N–H and O–H groups in total. The molecule has 1 amide bonds. The van der Waals surface area contributed by atoms with Crippen molar-refractivity contribution in [3.8, 4) is 0 Å². The summed E-state index contributed by atoms with van der Waals surface area (Å²) in [7, 11) is 0. The Hall–Kier alpha value is -2.93. The molecule has 0 radical (unpaired) electrons. The number of carboxylic acids is 1. The lowest BCUT2D eigenvalue weighted by Crippen LogP contribution is -2.59. The Kier molecular flexibility index (Phi) is 8.22. The maximum Gasteiger partial charge on any atom is 0.305 e. The molecule has 0 saturated carbocycles. The van der Waals surface area contributed by atoms with E-state index in [4.69, 9.17) is 0 Å². The molecule has 0 aliphatic carbocycles. The average molecular weight is 439 g/mol. The maximum atomic E-state index is 13.4. The molecule has 0 unspecified atom stereocenters. The predicted molar refractivity (Wildman–Crippen MR) is 126 cm³/mol. The highest BCUT2D eigenvalue weighted by molar-refractivity contribution is 5.98. The number of hydrogen-bond acceptors (Lipinski definition) is 5. The number of pyridine rings is 1. The van der Waals surface area contributed by atoms with Gasteiger partial charge in [0.15, 0.2) is 0 Å². The number of anilines is 1. The highest BCUT2D eigenvalue weighted by atomic mass is 16.4. The fourth-order valence-corrected chi connectivity index (χ4v) is 4.21. The van der Waals surface area contributed by atoms with Gasteiger partial charge in [0.2, 0.25) is 0 Å². The first-order valence-electron chi connectivity index (χ1n) is 11.3. The predicted octanol–water partition coefficient (Wildman–Crippen LogP) is 3.73. The summed E-state index contributed by atoms with van der Waals surface area (Å²) in [5, 5.41) is 12.8. The first-order chi connectivity index (χ1) is 15.3. The molecular weight excluding hydrogens is 404 g/mol. The molecule has 1 aliphatic rings. The standard InChI is InChI=1S/C25H34N4O3/c1-18(2)11-13-27-24-22(10-7-12-26-24)25(32)28-15-19(3)29(21(17-28)14-23(30)31)16-20-8-5-4-6-9-20/h4-10,12,18-19,21H,11,13-17H2,1-3H3,(H,26,27)(H,30,31)/t19-,21+/m1/s1. The number of amides is 1. The normalized spacial score (nSPS) is 19.2.